The van der Waals surface area contributed by atoms with Gasteiger partial charge in [0.1, 0.15) is 12.4 Å². The van der Waals surface area contributed by atoms with E-state index >= 15 is 0 Å². The third-order valence-corrected chi connectivity index (χ3v) is 3.10. The van der Waals surface area contributed by atoms with Gasteiger partial charge in [-0.3, -0.25) is 5.32 Å². The van der Waals surface area contributed by atoms with Crippen molar-refractivity contribution < 1.29 is 18.0 Å². The number of hydrogen-bond acceptors (Lipinski definition) is 2. The number of nitrogens with one attached hydrogen (secondary N) is 2. The van der Waals surface area contributed by atoms with Crippen molar-refractivity contribution in [3.63, 3.8) is 0 Å². The first-order valence-corrected chi connectivity index (χ1v) is 6.50. The van der Waals surface area contributed by atoms with Crippen LogP contribution in [0.1, 0.15) is 37.6 Å². The molecule has 112 valence electrons. The lowest BCUT2D eigenvalue weighted by Crippen LogP contribution is -2.37. The van der Waals surface area contributed by atoms with Crippen molar-refractivity contribution in [3.8, 4) is 0 Å². The van der Waals surface area contributed by atoms with E-state index in [1.807, 2.05) is 13.8 Å². The number of carbonyl (C=O) groups excluding carboxylic acids is 1. The highest BCUT2D eigenvalue weighted by Crippen LogP contribution is 2.30. The number of carbonyl (C=O) groups is 1. The summed E-state index contributed by atoms with van der Waals surface area (Å²) in [6.07, 6.45) is -1.84. The van der Waals surface area contributed by atoms with Crippen LogP contribution in [-0.2, 0) is 12.8 Å². The van der Waals surface area contributed by atoms with Gasteiger partial charge in [0.25, 0.3) is 0 Å². The molecule has 2 rings (SSSR count). The Bertz CT molecular complexity index is 508. The van der Waals surface area contributed by atoms with Crippen molar-refractivity contribution >= 4 is 11.8 Å². The predicted octanol–water partition coefficient (Wildman–Crippen LogP) is 2.64. The molecule has 2 amide bonds. The summed E-state index contributed by atoms with van der Waals surface area (Å²) in [7, 11) is 0. The van der Waals surface area contributed by atoms with E-state index < -0.39 is 18.8 Å². The van der Waals surface area contributed by atoms with Crippen LogP contribution >= 0.6 is 0 Å². The Hall–Kier alpha value is -1.73. The lowest BCUT2D eigenvalue weighted by Gasteiger charge is -2.14. The summed E-state index contributed by atoms with van der Waals surface area (Å²) in [6, 6.07) is -0.836. The molecule has 1 aliphatic carbocycles. The first-order chi connectivity index (χ1) is 9.28. The molecule has 0 saturated carbocycles. The second kappa shape index (κ2) is 5.34. The van der Waals surface area contributed by atoms with Crippen molar-refractivity contribution in [2.24, 2.45) is 0 Å². The number of anilines is 1. The highest BCUT2D eigenvalue weighted by atomic mass is 19.4. The largest absolute Gasteiger partial charge is 0.405 e. The Morgan fingerprint density at radius 2 is 2.10 bits per heavy atom. The number of alkyl halides is 3. The Morgan fingerprint density at radius 1 is 1.40 bits per heavy atom. The van der Waals surface area contributed by atoms with Crippen molar-refractivity contribution in [1.29, 1.82) is 0 Å². The van der Waals surface area contributed by atoms with Crippen LogP contribution in [0, 0.1) is 0 Å². The molecule has 0 saturated heterocycles. The van der Waals surface area contributed by atoms with Crippen LogP contribution in [-0.4, -0.2) is 28.5 Å². The smallest absolute Gasteiger partial charge is 0.329 e. The first kappa shape index (κ1) is 14.7. The van der Waals surface area contributed by atoms with Crippen LogP contribution < -0.4 is 10.6 Å². The molecule has 0 unspecified atom stereocenters. The number of rotatable bonds is 3. The monoisotopic (exact) mass is 290 g/mol. The quantitative estimate of drug-likeness (QED) is 0.899. The zero-order valence-electron chi connectivity index (χ0n) is 11.3. The Labute approximate surface area is 114 Å². The van der Waals surface area contributed by atoms with Gasteiger partial charge in [-0.05, 0) is 33.1 Å². The summed E-state index contributed by atoms with van der Waals surface area (Å²) in [4.78, 5) is 11.6. The minimum absolute atomic E-state index is 0.0264. The highest BCUT2D eigenvalue weighted by Gasteiger charge is 2.29. The summed E-state index contributed by atoms with van der Waals surface area (Å²) in [5.74, 6) is 0.507. The van der Waals surface area contributed by atoms with E-state index in [1.165, 1.54) is 0 Å². The normalized spacial score (nSPS) is 14.5. The molecule has 2 N–H and O–H groups in total. The molecule has 1 heterocycles. The molecule has 0 bridgehead atoms. The number of fused-ring (bicyclic) bond motifs is 1. The topological polar surface area (TPSA) is 59.0 Å². The number of hydrogen-bond donors (Lipinski definition) is 2. The van der Waals surface area contributed by atoms with Crippen molar-refractivity contribution in [1.82, 2.24) is 15.1 Å². The molecule has 1 aromatic rings. The average molecular weight is 290 g/mol. The van der Waals surface area contributed by atoms with Gasteiger partial charge in [-0.15, -0.1) is 0 Å². The second-order valence-corrected chi connectivity index (χ2v) is 5.09. The Kier molecular flexibility index (Phi) is 3.92. The predicted molar refractivity (Wildman–Crippen MR) is 67.7 cm³/mol. The second-order valence-electron chi connectivity index (χ2n) is 5.09. The van der Waals surface area contributed by atoms with Crippen molar-refractivity contribution in [2.45, 2.75) is 45.3 Å². The number of nitrogens with zero attached hydrogens (tertiary/aromatic N) is 2. The van der Waals surface area contributed by atoms with E-state index in [0.717, 1.165) is 30.5 Å². The van der Waals surface area contributed by atoms with Gasteiger partial charge in [0.15, 0.2) is 0 Å². The maximum Gasteiger partial charge on any atom is 0.405 e. The zero-order chi connectivity index (χ0) is 14.9. The molecular weight excluding hydrogens is 273 g/mol. The van der Waals surface area contributed by atoms with Gasteiger partial charge in [-0.25, -0.2) is 9.48 Å². The fraction of sp³-hybridized carbons (Fsp3) is 0.667. The number of aromatic nitrogens is 2. The third-order valence-electron chi connectivity index (χ3n) is 3.10. The van der Waals surface area contributed by atoms with E-state index in [4.69, 9.17) is 0 Å². The molecule has 20 heavy (non-hydrogen) atoms. The maximum absolute atomic E-state index is 12.1. The number of halogens is 3. The van der Waals surface area contributed by atoms with Crippen LogP contribution in [0.3, 0.4) is 0 Å². The van der Waals surface area contributed by atoms with Gasteiger partial charge >= 0.3 is 12.2 Å². The molecular formula is C12H17F3N4O. The van der Waals surface area contributed by atoms with Crippen LogP contribution in [0.2, 0.25) is 0 Å². The van der Waals surface area contributed by atoms with Crippen LogP contribution in [0.4, 0.5) is 23.8 Å². The molecule has 0 radical (unpaired) electrons. The SMILES string of the molecule is CC(C)n1nc2c(c1NC(=O)NCC(F)(F)F)CCC2. The summed E-state index contributed by atoms with van der Waals surface area (Å²) in [5.41, 5.74) is 1.85. The van der Waals surface area contributed by atoms with E-state index in [2.05, 4.69) is 10.4 Å². The summed E-state index contributed by atoms with van der Waals surface area (Å²) < 4.78 is 37.8. The maximum atomic E-state index is 12.1. The molecule has 5 nitrogen and oxygen atoms in total. The summed E-state index contributed by atoms with van der Waals surface area (Å²) in [5, 5.41) is 8.70. The zero-order valence-corrected chi connectivity index (χ0v) is 11.3. The Morgan fingerprint density at radius 3 is 2.70 bits per heavy atom. The third kappa shape index (κ3) is 3.23. The van der Waals surface area contributed by atoms with Gasteiger partial charge in [0.2, 0.25) is 0 Å². The summed E-state index contributed by atoms with van der Waals surface area (Å²) in [6.45, 7) is 2.46. The lowest BCUT2D eigenvalue weighted by atomic mass is 10.2. The van der Waals surface area contributed by atoms with Crippen LogP contribution in [0.15, 0.2) is 0 Å². The molecule has 1 aliphatic rings. The van der Waals surface area contributed by atoms with E-state index in [1.54, 1.807) is 10.00 Å². The van der Waals surface area contributed by atoms with Crippen LogP contribution in [0.25, 0.3) is 0 Å². The van der Waals surface area contributed by atoms with E-state index in [0.29, 0.717) is 5.82 Å². The highest BCUT2D eigenvalue weighted by molar-refractivity contribution is 5.89. The fourth-order valence-corrected chi connectivity index (χ4v) is 2.25. The molecule has 0 spiro atoms. The Balaban J connectivity index is 2.10. The van der Waals surface area contributed by atoms with Crippen molar-refractivity contribution in [3.05, 3.63) is 11.3 Å². The van der Waals surface area contributed by atoms with Crippen molar-refractivity contribution in [2.75, 3.05) is 11.9 Å². The van der Waals surface area contributed by atoms with Crippen LogP contribution in [0.5, 0.6) is 0 Å². The molecule has 0 aliphatic heterocycles. The van der Waals surface area contributed by atoms with E-state index in [-0.39, 0.29) is 6.04 Å². The molecule has 1 aromatic heterocycles. The first-order valence-electron chi connectivity index (χ1n) is 6.50. The van der Waals surface area contributed by atoms with Gasteiger partial charge in [0.05, 0.1) is 5.69 Å². The number of aryl methyl sites for hydroxylation is 1. The van der Waals surface area contributed by atoms with Gasteiger partial charge < -0.3 is 5.32 Å². The van der Waals surface area contributed by atoms with E-state index in [9.17, 15) is 18.0 Å². The minimum Gasteiger partial charge on any atom is -0.329 e. The number of urea groups is 1. The summed E-state index contributed by atoms with van der Waals surface area (Å²) >= 11 is 0. The molecule has 0 atom stereocenters. The van der Waals surface area contributed by atoms with Gasteiger partial charge in [-0.2, -0.15) is 18.3 Å². The molecule has 0 aromatic carbocycles. The molecule has 0 fully saturated rings. The minimum atomic E-state index is -4.42. The fourth-order valence-electron chi connectivity index (χ4n) is 2.25. The standard InChI is InChI=1S/C12H17F3N4O/c1-7(2)19-10(8-4-3-5-9(8)18-19)17-11(20)16-6-12(13,14)15/h7H,3-6H2,1-2H3,(H2,16,17,20). The average Bonchev–Trinajstić information content (AvgIpc) is 2.88. The lowest BCUT2D eigenvalue weighted by molar-refractivity contribution is -0.122. The van der Waals surface area contributed by atoms with Gasteiger partial charge in [0, 0.05) is 11.6 Å². The number of amides is 2. The van der Waals surface area contributed by atoms with Gasteiger partial charge in [-0.1, -0.05) is 0 Å². The molecule has 8 heteroatoms.